The third-order valence-electron chi connectivity index (χ3n) is 6.46. The van der Waals surface area contributed by atoms with Crippen LogP contribution in [-0.2, 0) is 0 Å². The third kappa shape index (κ3) is 3.61. The molecule has 5 heterocycles. The zero-order valence-corrected chi connectivity index (χ0v) is 18.3. The van der Waals surface area contributed by atoms with E-state index in [2.05, 4.69) is 10.00 Å². The molecule has 3 aromatic rings. The van der Waals surface area contributed by atoms with E-state index in [0.717, 1.165) is 55.1 Å². The second-order valence-electron chi connectivity index (χ2n) is 8.72. The minimum atomic E-state index is -2.77. The molecular weight excluding hydrogens is 416 g/mol. The first-order chi connectivity index (χ1) is 15.4. The van der Waals surface area contributed by atoms with Crippen molar-refractivity contribution in [3.8, 4) is 0 Å². The molecule has 1 atom stereocenters. The van der Waals surface area contributed by atoms with E-state index in [1.165, 1.54) is 25.8 Å². The molecule has 10 heteroatoms. The van der Waals surface area contributed by atoms with Crippen LogP contribution < -0.4 is 4.90 Å². The number of rotatable bonds is 4. The molecule has 0 radical (unpaired) electrons. The van der Waals surface area contributed by atoms with Crippen molar-refractivity contribution in [2.45, 2.75) is 58.5 Å². The first-order valence-electron chi connectivity index (χ1n) is 11.2. The van der Waals surface area contributed by atoms with E-state index in [1.807, 2.05) is 19.2 Å². The predicted molar refractivity (Wildman–Crippen MR) is 115 cm³/mol. The number of halogens is 2. The Morgan fingerprint density at radius 1 is 1.06 bits per heavy atom. The number of carbonyl (C=O) groups excluding carboxylic acids is 1. The summed E-state index contributed by atoms with van der Waals surface area (Å²) in [5.41, 5.74) is 2.90. The minimum Gasteiger partial charge on any atom is -0.356 e. The Balaban J connectivity index is 1.46. The zero-order valence-electron chi connectivity index (χ0n) is 18.3. The summed E-state index contributed by atoms with van der Waals surface area (Å²) in [5, 5.41) is 8.59. The lowest BCUT2D eigenvalue weighted by atomic mass is 9.99. The van der Waals surface area contributed by atoms with Crippen LogP contribution in [0.1, 0.15) is 72.1 Å². The summed E-state index contributed by atoms with van der Waals surface area (Å²) in [6, 6.07) is 3.14. The maximum absolute atomic E-state index is 13.2. The summed E-state index contributed by atoms with van der Waals surface area (Å²) < 4.78 is 28.6. The highest BCUT2D eigenvalue weighted by atomic mass is 19.3. The Hall–Kier alpha value is -3.04. The Morgan fingerprint density at radius 3 is 2.53 bits per heavy atom. The lowest BCUT2D eigenvalue weighted by Gasteiger charge is -2.34. The number of fused-ring (bicyclic) bond motifs is 1. The van der Waals surface area contributed by atoms with Gasteiger partial charge < -0.3 is 9.80 Å². The van der Waals surface area contributed by atoms with Crippen molar-refractivity contribution in [2.24, 2.45) is 0 Å². The average molecular weight is 444 g/mol. The SMILES string of the molecule is Cc1cn2nc(C3CCCCN3C(=O)c3cc(C)n(C(F)F)n3)cc2nc1N1CCCC1. The van der Waals surface area contributed by atoms with Crippen LogP contribution >= 0.6 is 0 Å². The summed E-state index contributed by atoms with van der Waals surface area (Å²) in [5.74, 6) is 0.655. The fraction of sp³-hybridized carbons (Fsp3) is 0.545. The molecule has 0 bridgehead atoms. The molecule has 3 aromatic heterocycles. The van der Waals surface area contributed by atoms with Crippen LogP contribution in [0, 0.1) is 13.8 Å². The number of amides is 1. The maximum atomic E-state index is 13.2. The second-order valence-corrected chi connectivity index (χ2v) is 8.72. The highest BCUT2D eigenvalue weighted by molar-refractivity contribution is 5.92. The summed E-state index contributed by atoms with van der Waals surface area (Å²) in [6.07, 6.45) is 6.94. The van der Waals surface area contributed by atoms with Crippen LogP contribution in [0.4, 0.5) is 14.6 Å². The molecule has 2 fully saturated rings. The fourth-order valence-corrected chi connectivity index (χ4v) is 4.85. The first-order valence-corrected chi connectivity index (χ1v) is 11.2. The van der Waals surface area contributed by atoms with Gasteiger partial charge in [-0.1, -0.05) is 0 Å². The highest BCUT2D eigenvalue weighted by Crippen LogP contribution is 2.33. The smallest absolute Gasteiger partial charge is 0.333 e. The van der Waals surface area contributed by atoms with E-state index < -0.39 is 6.55 Å². The van der Waals surface area contributed by atoms with Gasteiger partial charge in [-0.05, 0) is 52.0 Å². The Morgan fingerprint density at radius 2 is 1.81 bits per heavy atom. The number of aromatic nitrogens is 5. The molecule has 32 heavy (non-hydrogen) atoms. The normalized spacial score (nSPS) is 19.5. The molecule has 2 aliphatic rings. The number of alkyl halides is 2. The second kappa shape index (κ2) is 8.14. The van der Waals surface area contributed by atoms with Gasteiger partial charge in [0, 0.05) is 43.2 Å². The maximum Gasteiger partial charge on any atom is 0.333 e. The summed E-state index contributed by atoms with van der Waals surface area (Å²) in [4.78, 5) is 22.1. The van der Waals surface area contributed by atoms with Crippen molar-refractivity contribution in [3.63, 3.8) is 0 Å². The number of nitrogens with zero attached hydrogens (tertiary/aromatic N) is 7. The van der Waals surface area contributed by atoms with Gasteiger partial charge in [0.05, 0.1) is 11.7 Å². The lowest BCUT2D eigenvalue weighted by molar-refractivity contribution is 0.0511. The largest absolute Gasteiger partial charge is 0.356 e. The lowest BCUT2D eigenvalue weighted by Crippen LogP contribution is -2.39. The van der Waals surface area contributed by atoms with Crippen molar-refractivity contribution >= 4 is 17.4 Å². The summed E-state index contributed by atoms with van der Waals surface area (Å²) in [7, 11) is 0. The van der Waals surface area contributed by atoms with Crippen molar-refractivity contribution in [3.05, 3.63) is 41.0 Å². The van der Waals surface area contributed by atoms with Crippen molar-refractivity contribution in [2.75, 3.05) is 24.5 Å². The standard InChI is InChI=1S/C22H27F2N7O/c1-14-13-30-19(25-20(14)28-8-5-6-9-28)12-16(26-30)18-7-3-4-10-29(18)21(32)17-11-15(2)31(27-17)22(23)24/h11-13,18,22H,3-10H2,1-2H3. The fourth-order valence-electron chi connectivity index (χ4n) is 4.85. The number of hydrogen-bond donors (Lipinski definition) is 0. The van der Waals surface area contributed by atoms with Crippen LogP contribution in [-0.4, -0.2) is 54.8 Å². The van der Waals surface area contributed by atoms with Gasteiger partial charge in [-0.25, -0.2) is 14.2 Å². The number of aryl methyl sites for hydroxylation is 2. The Kier molecular flexibility index (Phi) is 5.30. The van der Waals surface area contributed by atoms with E-state index in [4.69, 9.17) is 10.1 Å². The molecule has 5 rings (SSSR count). The van der Waals surface area contributed by atoms with Crippen LogP contribution in [0.5, 0.6) is 0 Å². The molecule has 0 aliphatic carbocycles. The highest BCUT2D eigenvalue weighted by Gasteiger charge is 2.32. The van der Waals surface area contributed by atoms with Gasteiger partial charge in [-0.15, -0.1) is 0 Å². The monoisotopic (exact) mass is 443 g/mol. The Labute approximate surface area is 184 Å². The van der Waals surface area contributed by atoms with Crippen molar-refractivity contribution in [1.29, 1.82) is 0 Å². The summed E-state index contributed by atoms with van der Waals surface area (Å²) >= 11 is 0. The molecule has 1 unspecified atom stereocenters. The molecule has 1 amide bonds. The van der Waals surface area contributed by atoms with E-state index in [-0.39, 0.29) is 23.3 Å². The average Bonchev–Trinajstić information content (AvgIpc) is 3.52. The molecule has 0 N–H and O–H groups in total. The number of hydrogen-bond acceptors (Lipinski definition) is 5. The quantitative estimate of drug-likeness (QED) is 0.612. The zero-order chi connectivity index (χ0) is 22.4. The number of anilines is 1. The number of piperidine rings is 1. The Bertz CT molecular complexity index is 1150. The van der Waals surface area contributed by atoms with E-state index in [0.29, 0.717) is 11.2 Å². The van der Waals surface area contributed by atoms with Crippen LogP contribution in [0.15, 0.2) is 18.3 Å². The van der Waals surface area contributed by atoms with E-state index >= 15 is 0 Å². The van der Waals surface area contributed by atoms with Crippen molar-refractivity contribution in [1.82, 2.24) is 29.3 Å². The minimum absolute atomic E-state index is 0.0451. The van der Waals surface area contributed by atoms with Crippen LogP contribution in [0.25, 0.3) is 5.65 Å². The molecule has 8 nitrogen and oxygen atoms in total. The molecule has 2 aliphatic heterocycles. The van der Waals surface area contributed by atoms with E-state index in [9.17, 15) is 13.6 Å². The molecular formula is C22H27F2N7O. The molecule has 0 aromatic carbocycles. The van der Waals surface area contributed by atoms with Gasteiger partial charge in [0.1, 0.15) is 5.82 Å². The molecule has 0 spiro atoms. The molecule has 170 valence electrons. The van der Waals surface area contributed by atoms with Gasteiger partial charge >= 0.3 is 6.55 Å². The third-order valence-corrected chi connectivity index (χ3v) is 6.46. The number of carbonyl (C=O) groups is 1. The van der Waals surface area contributed by atoms with Gasteiger partial charge in [0.15, 0.2) is 11.3 Å². The van der Waals surface area contributed by atoms with Gasteiger partial charge in [0.25, 0.3) is 5.91 Å². The van der Waals surface area contributed by atoms with Gasteiger partial charge in [-0.3, -0.25) is 4.79 Å². The molecule has 2 saturated heterocycles. The predicted octanol–water partition coefficient (Wildman–Crippen LogP) is 3.91. The first kappa shape index (κ1) is 20.8. The van der Waals surface area contributed by atoms with Crippen LogP contribution in [0.2, 0.25) is 0 Å². The van der Waals surface area contributed by atoms with E-state index in [1.54, 1.807) is 9.42 Å². The van der Waals surface area contributed by atoms with Crippen molar-refractivity contribution < 1.29 is 13.6 Å². The molecule has 0 saturated carbocycles. The summed E-state index contributed by atoms with van der Waals surface area (Å²) in [6.45, 7) is 3.37. The van der Waals surface area contributed by atoms with Gasteiger partial charge in [-0.2, -0.15) is 19.0 Å². The number of likely N-dealkylation sites (tertiary alicyclic amines) is 1. The topological polar surface area (TPSA) is 71.6 Å². The van der Waals surface area contributed by atoms with Crippen LogP contribution in [0.3, 0.4) is 0 Å². The van der Waals surface area contributed by atoms with Gasteiger partial charge in [0.2, 0.25) is 0 Å².